The van der Waals surface area contributed by atoms with Crippen LogP contribution in [-0.4, -0.2) is 36.2 Å². The normalized spacial score (nSPS) is 28.5. The van der Waals surface area contributed by atoms with Crippen molar-refractivity contribution in [3.63, 3.8) is 0 Å². The summed E-state index contributed by atoms with van der Waals surface area (Å²) in [6.45, 7) is 2.04. The van der Waals surface area contributed by atoms with Gasteiger partial charge in [-0.1, -0.05) is 17.7 Å². The molecular formula is C16H22N2O2. The summed E-state index contributed by atoms with van der Waals surface area (Å²) in [5.41, 5.74) is 2.07. The van der Waals surface area contributed by atoms with Gasteiger partial charge in [-0.25, -0.2) is 4.79 Å². The fraction of sp³-hybridized carbons (Fsp3) is 0.562. The van der Waals surface area contributed by atoms with E-state index in [-0.39, 0.29) is 6.03 Å². The van der Waals surface area contributed by atoms with Gasteiger partial charge in [0.15, 0.2) is 0 Å². The number of urea groups is 1. The first-order chi connectivity index (χ1) is 9.67. The first kappa shape index (κ1) is 13.4. The summed E-state index contributed by atoms with van der Waals surface area (Å²) < 4.78 is 5.47. The topological polar surface area (TPSA) is 41.6 Å². The molecule has 2 aliphatic rings. The van der Waals surface area contributed by atoms with Crippen LogP contribution in [0.1, 0.15) is 31.2 Å². The first-order valence-corrected chi connectivity index (χ1v) is 7.36. The molecule has 2 fully saturated rings. The molecule has 4 nitrogen and oxygen atoms in total. The van der Waals surface area contributed by atoms with E-state index in [1.165, 1.54) is 5.56 Å². The molecule has 1 N–H and O–H groups in total. The second-order valence-electron chi connectivity index (χ2n) is 5.92. The van der Waals surface area contributed by atoms with Crippen LogP contribution < -0.4 is 5.32 Å². The monoisotopic (exact) mass is 274 g/mol. The lowest BCUT2D eigenvalue weighted by molar-refractivity contribution is 0.0232. The first-order valence-electron chi connectivity index (χ1n) is 7.36. The Morgan fingerprint density at radius 2 is 1.80 bits per heavy atom. The van der Waals surface area contributed by atoms with Crippen molar-refractivity contribution in [2.45, 2.75) is 50.8 Å². The fourth-order valence-corrected chi connectivity index (χ4v) is 3.48. The van der Waals surface area contributed by atoms with E-state index >= 15 is 0 Å². The van der Waals surface area contributed by atoms with E-state index < -0.39 is 0 Å². The molecule has 2 aliphatic heterocycles. The zero-order chi connectivity index (χ0) is 14.1. The van der Waals surface area contributed by atoms with Gasteiger partial charge in [-0.2, -0.15) is 0 Å². The summed E-state index contributed by atoms with van der Waals surface area (Å²) in [6, 6.07) is 8.65. The van der Waals surface area contributed by atoms with Crippen LogP contribution in [0.15, 0.2) is 24.3 Å². The molecule has 108 valence electrons. The molecule has 20 heavy (non-hydrogen) atoms. The van der Waals surface area contributed by atoms with E-state index in [2.05, 4.69) is 5.32 Å². The average molecular weight is 274 g/mol. The molecule has 2 bridgehead atoms. The minimum atomic E-state index is 0.0379. The molecule has 2 amide bonds. The lowest BCUT2D eigenvalue weighted by Gasteiger charge is -2.38. The molecule has 4 heteroatoms. The van der Waals surface area contributed by atoms with Crippen LogP contribution in [0.25, 0.3) is 0 Å². The summed E-state index contributed by atoms with van der Waals surface area (Å²) in [6.07, 6.45) is 4.45. The zero-order valence-electron chi connectivity index (χ0n) is 12.1. The maximum atomic E-state index is 12.5. The van der Waals surface area contributed by atoms with Gasteiger partial charge < -0.3 is 15.0 Å². The third-order valence-electron chi connectivity index (χ3n) is 4.56. The minimum absolute atomic E-state index is 0.0379. The molecule has 0 saturated carbocycles. The van der Waals surface area contributed by atoms with Gasteiger partial charge in [0.2, 0.25) is 0 Å². The van der Waals surface area contributed by atoms with Gasteiger partial charge in [0.25, 0.3) is 0 Å². The summed E-state index contributed by atoms with van der Waals surface area (Å²) in [4.78, 5) is 14.5. The Balaban J connectivity index is 1.67. The number of hydrogen-bond acceptors (Lipinski definition) is 2. The Morgan fingerprint density at radius 1 is 1.20 bits per heavy atom. The number of nitrogens with one attached hydrogen (secondary N) is 1. The van der Waals surface area contributed by atoms with Crippen LogP contribution >= 0.6 is 0 Å². The molecule has 0 aromatic heterocycles. The average Bonchev–Trinajstić information content (AvgIpc) is 2.72. The van der Waals surface area contributed by atoms with E-state index in [0.717, 1.165) is 31.4 Å². The van der Waals surface area contributed by atoms with Gasteiger partial charge in [0.1, 0.15) is 0 Å². The molecule has 2 heterocycles. The lowest BCUT2D eigenvalue weighted by Crippen LogP contribution is -2.50. The van der Waals surface area contributed by atoms with Crippen LogP contribution in [0.3, 0.4) is 0 Å². The number of carbonyl (C=O) groups is 1. The third kappa shape index (κ3) is 2.52. The highest BCUT2D eigenvalue weighted by Gasteiger charge is 2.43. The van der Waals surface area contributed by atoms with Crippen LogP contribution in [-0.2, 0) is 4.74 Å². The second-order valence-corrected chi connectivity index (χ2v) is 5.92. The number of piperidine rings is 1. The van der Waals surface area contributed by atoms with Gasteiger partial charge >= 0.3 is 6.03 Å². The molecule has 1 aromatic carbocycles. The summed E-state index contributed by atoms with van der Waals surface area (Å²) in [5, 5.41) is 3.02. The van der Waals surface area contributed by atoms with Crippen LogP contribution in [0.4, 0.5) is 10.5 Å². The summed E-state index contributed by atoms with van der Waals surface area (Å²) in [5.74, 6) is 0. The van der Waals surface area contributed by atoms with Crippen molar-refractivity contribution in [1.29, 1.82) is 0 Å². The van der Waals surface area contributed by atoms with E-state index in [9.17, 15) is 4.79 Å². The van der Waals surface area contributed by atoms with Gasteiger partial charge in [-0.15, -0.1) is 0 Å². The van der Waals surface area contributed by atoms with E-state index in [1.807, 2.05) is 36.1 Å². The molecule has 0 radical (unpaired) electrons. The van der Waals surface area contributed by atoms with Gasteiger partial charge in [-0.3, -0.25) is 0 Å². The predicted octanol–water partition coefficient (Wildman–Crippen LogP) is 3.17. The number of ether oxygens (including phenoxy) is 1. The Morgan fingerprint density at radius 3 is 2.35 bits per heavy atom. The fourth-order valence-electron chi connectivity index (χ4n) is 3.48. The number of methoxy groups -OCH3 is 1. The molecule has 2 atom stereocenters. The maximum Gasteiger partial charge on any atom is 0.322 e. The van der Waals surface area contributed by atoms with Crippen molar-refractivity contribution in [2.75, 3.05) is 12.4 Å². The highest BCUT2D eigenvalue weighted by atomic mass is 16.5. The van der Waals surface area contributed by atoms with E-state index in [1.54, 1.807) is 7.11 Å². The highest BCUT2D eigenvalue weighted by Crippen LogP contribution is 2.37. The lowest BCUT2D eigenvalue weighted by atomic mass is 10.0. The summed E-state index contributed by atoms with van der Waals surface area (Å²) in [7, 11) is 1.77. The maximum absolute atomic E-state index is 12.5. The Labute approximate surface area is 120 Å². The number of fused-ring (bicyclic) bond motifs is 2. The summed E-state index contributed by atoms with van der Waals surface area (Å²) >= 11 is 0. The second kappa shape index (κ2) is 5.44. The molecule has 2 saturated heterocycles. The number of nitrogens with zero attached hydrogens (tertiary/aromatic N) is 1. The van der Waals surface area contributed by atoms with Crippen molar-refractivity contribution < 1.29 is 9.53 Å². The highest BCUT2D eigenvalue weighted by molar-refractivity contribution is 5.90. The number of amides is 2. The molecule has 3 rings (SSSR count). The number of rotatable bonds is 2. The minimum Gasteiger partial charge on any atom is -0.381 e. The molecule has 0 spiro atoms. The van der Waals surface area contributed by atoms with Crippen molar-refractivity contribution >= 4 is 11.7 Å². The smallest absolute Gasteiger partial charge is 0.322 e. The SMILES string of the molecule is COC1CC2CCC(C1)N2C(=O)Nc1ccc(C)cc1. The van der Waals surface area contributed by atoms with Crippen molar-refractivity contribution in [3.05, 3.63) is 29.8 Å². The predicted molar refractivity (Wildman–Crippen MR) is 78.9 cm³/mol. The van der Waals surface area contributed by atoms with Crippen molar-refractivity contribution in [3.8, 4) is 0 Å². The van der Waals surface area contributed by atoms with E-state index in [4.69, 9.17) is 4.74 Å². The molecular weight excluding hydrogens is 252 g/mol. The van der Waals surface area contributed by atoms with Gasteiger partial charge in [0.05, 0.1) is 6.10 Å². The van der Waals surface area contributed by atoms with E-state index in [0.29, 0.717) is 18.2 Å². The van der Waals surface area contributed by atoms with Gasteiger partial charge in [-0.05, 0) is 44.7 Å². The zero-order valence-corrected chi connectivity index (χ0v) is 12.1. The quantitative estimate of drug-likeness (QED) is 0.900. The number of hydrogen-bond donors (Lipinski definition) is 1. The third-order valence-corrected chi connectivity index (χ3v) is 4.56. The van der Waals surface area contributed by atoms with Crippen molar-refractivity contribution in [1.82, 2.24) is 4.90 Å². The largest absolute Gasteiger partial charge is 0.381 e. The number of aryl methyl sites for hydroxylation is 1. The number of anilines is 1. The van der Waals surface area contributed by atoms with Gasteiger partial charge in [0, 0.05) is 24.9 Å². The molecule has 0 aliphatic carbocycles. The van der Waals surface area contributed by atoms with Crippen LogP contribution in [0, 0.1) is 6.92 Å². The number of carbonyl (C=O) groups excluding carboxylic acids is 1. The molecule has 1 aromatic rings. The Kier molecular flexibility index (Phi) is 3.66. The van der Waals surface area contributed by atoms with Crippen LogP contribution in [0.2, 0.25) is 0 Å². The Hall–Kier alpha value is -1.55. The Bertz CT molecular complexity index is 472. The number of benzene rings is 1. The standard InChI is InChI=1S/C16H22N2O2/c1-11-3-5-12(6-4-11)17-16(19)18-13-7-8-14(18)10-15(9-13)20-2/h3-6,13-15H,7-10H2,1-2H3,(H,17,19). The van der Waals surface area contributed by atoms with Crippen LogP contribution in [0.5, 0.6) is 0 Å². The molecule has 2 unspecified atom stereocenters. The van der Waals surface area contributed by atoms with Crippen molar-refractivity contribution in [2.24, 2.45) is 0 Å².